The van der Waals surface area contributed by atoms with Crippen molar-refractivity contribution >= 4 is 39.2 Å². The molecule has 2 aromatic rings. The molecule has 1 aliphatic heterocycles. The van der Waals surface area contributed by atoms with Gasteiger partial charge >= 0.3 is 0 Å². The standard InChI is InChI=1S/C18H23N3OS2/c1-11(18(22)21-9-5-6-10-21)23-16-15-13-7-3-4-8-14(13)24-17(15)20-12(2)19-16/h11H,3-10H2,1-2H3/t11-/m0/s1. The Balaban J connectivity index is 1.67. The van der Waals surface area contributed by atoms with Crippen LogP contribution in [0.1, 0.15) is 48.9 Å². The zero-order valence-electron chi connectivity index (χ0n) is 14.3. The molecule has 2 aromatic heterocycles. The Bertz CT molecular complexity index is 780. The third-order valence-electron chi connectivity index (χ3n) is 4.95. The second-order valence-corrected chi connectivity index (χ2v) is 9.17. The number of hydrogen-bond donors (Lipinski definition) is 0. The first kappa shape index (κ1) is 16.3. The maximum atomic E-state index is 12.7. The predicted molar refractivity (Wildman–Crippen MR) is 99.9 cm³/mol. The van der Waals surface area contributed by atoms with E-state index in [0.717, 1.165) is 48.0 Å². The third-order valence-corrected chi connectivity index (χ3v) is 7.21. The lowest BCUT2D eigenvalue weighted by atomic mass is 9.97. The zero-order chi connectivity index (χ0) is 16.7. The molecule has 1 saturated heterocycles. The van der Waals surface area contributed by atoms with Gasteiger partial charge in [-0.05, 0) is 57.9 Å². The van der Waals surface area contributed by atoms with E-state index < -0.39 is 0 Å². The number of carbonyl (C=O) groups excluding carboxylic acids is 1. The van der Waals surface area contributed by atoms with E-state index in [1.54, 1.807) is 11.8 Å². The van der Waals surface area contributed by atoms with E-state index in [0.29, 0.717) is 0 Å². The van der Waals surface area contributed by atoms with Crippen LogP contribution in [0.5, 0.6) is 0 Å². The van der Waals surface area contributed by atoms with Gasteiger partial charge in [-0.2, -0.15) is 0 Å². The summed E-state index contributed by atoms with van der Waals surface area (Å²) in [5.41, 5.74) is 1.45. The Labute approximate surface area is 151 Å². The number of thiophene rings is 1. The lowest BCUT2D eigenvalue weighted by Gasteiger charge is -2.20. The van der Waals surface area contributed by atoms with E-state index in [9.17, 15) is 4.79 Å². The molecule has 1 fully saturated rings. The van der Waals surface area contributed by atoms with Gasteiger partial charge in [0, 0.05) is 23.4 Å². The molecule has 128 valence electrons. The largest absolute Gasteiger partial charge is 0.342 e. The number of rotatable bonds is 3. The Hall–Kier alpha value is -1.14. The van der Waals surface area contributed by atoms with Crippen molar-refractivity contribution in [2.24, 2.45) is 0 Å². The zero-order valence-corrected chi connectivity index (χ0v) is 15.9. The van der Waals surface area contributed by atoms with Crippen LogP contribution in [0.4, 0.5) is 0 Å². The number of nitrogens with zero attached hydrogens (tertiary/aromatic N) is 3. The molecule has 0 bridgehead atoms. The molecule has 4 rings (SSSR count). The van der Waals surface area contributed by atoms with Crippen LogP contribution in [-0.4, -0.2) is 39.1 Å². The number of amides is 1. The van der Waals surface area contributed by atoms with Crippen LogP contribution in [0.25, 0.3) is 10.2 Å². The Morgan fingerprint density at radius 1 is 1.17 bits per heavy atom. The van der Waals surface area contributed by atoms with Crippen LogP contribution < -0.4 is 0 Å². The molecule has 4 nitrogen and oxygen atoms in total. The van der Waals surface area contributed by atoms with Crippen molar-refractivity contribution < 1.29 is 4.79 Å². The lowest BCUT2D eigenvalue weighted by molar-refractivity contribution is -0.129. The van der Waals surface area contributed by atoms with E-state index in [2.05, 4.69) is 4.98 Å². The van der Waals surface area contributed by atoms with Gasteiger partial charge in [0.1, 0.15) is 15.7 Å². The lowest BCUT2D eigenvalue weighted by Crippen LogP contribution is -2.34. The maximum Gasteiger partial charge on any atom is 0.235 e. The normalized spacial score (nSPS) is 18.8. The maximum absolute atomic E-state index is 12.7. The summed E-state index contributed by atoms with van der Waals surface area (Å²) in [6.45, 7) is 5.80. The van der Waals surface area contributed by atoms with Crippen LogP contribution in [0.2, 0.25) is 0 Å². The van der Waals surface area contributed by atoms with Crippen LogP contribution in [0.3, 0.4) is 0 Å². The first-order valence-electron chi connectivity index (χ1n) is 8.88. The highest BCUT2D eigenvalue weighted by Gasteiger charge is 2.27. The van der Waals surface area contributed by atoms with Gasteiger partial charge in [0.25, 0.3) is 0 Å². The quantitative estimate of drug-likeness (QED) is 0.613. The highest BCUT2D eigenvalue weighted by Crippen LogP contribution is 2.40. The monoisotopic (exact) mass is 361 g/mol. The first-order chi connectivity index (χ1) is 11.6. The van der Waals surface area contributed by atoms with Gasteiger partial charge in [0.05, 0.1) is 5.25 Å². The van der Waals surface area contributed by atoms with E-state index in [1.165, 1.54) is 35.1 Å². The fourth-order valence-electron chi connectivity index (χ4n) is 3.72. The first-order valence-corrected chi connectivity index (χ1v) is 10.6. The number of likely N-dealkylation sites (tertiary alicyclic amines) is 1. The van der Waals surface area contributed by atoms with E-state index in [-0.39, 0.29) is 11.2 Å². The summed E-state index contributed by atoms with van der Waals surface area (Å²) >= 11 is 3.45. The summed E-state index contributed by atoms with van der Waals surface area (Å²) in [5.74, 6) is 1.07. The van der Waals surface area contributed by atoms with Gasteiger partial charge in [0.2, 0.25) is 5.91 Å². The van der Waals surface area contributed by atoms with Crippen molar-refractivity contribution in [3.63, 3.8) is 0 Å². The van der Waals surface area contributed by atoms with E-state index >= 15 is 0 Å². The molecular weight excluding hydrogens is 338 g/mol. The van der Waals surface area contributed by atoms with E-state index in [1.807, 2.05) is 30.1 Å². The summed E-state index contributed by atoms with van der Waals surface area (Å²) in [5, 5.41) is 2.16. The van der Waals surface area contributed by atoms with Crippen LogP contribution in [-0.2, 0) is 17.6 Å². The van der Waals surface area contributed by atoms with E-state index in [4.69, 9.17) is 4.98 Å². The van der Waals surface area contributed by atoms with Gasteiger partial charge in [-0.15, -0.1) is 11.3 Å². The highest BCUT2D eigenvalue weighted by atomic mass is 32.2. The summed E-state index contributed by atoms with van der Waals surface area (Å²) < 4.78 is 0. The summed E-state index contributed by atoms with van der Waals surface area (Å²) in [7, 11) is 0. The Kier molecular flexibility index (Phi) is 4.52. The SMILES string of the molecule is Cc1nc(S[C@@H](C)C(=O)N2CCCC2)c2c3c(sc2n1)CCCC3. The average molecular weight is 362 g/mol. The molecule has 0 unspecified atom stereocenters. The Morgan fingerprint density at radius 3 is 2.71 bits per heavy atom. The van der Waals surface area contributed by atoms with Crippen molar-refractivity contribution in [1.29, 1.82) is 0 Å². The minimum atomic E-state index is -0.0836. The molecular formula is C18H23N3OS2. The molecule has 0 saturated carbocycles. The summed E-state index contributed by atoms with van der Waals surface area (Å²) in [6, 6.07) is 0. The van der Waals surface area contributed by atoms with Crippen molar-refractivity contribution in [2.45, 2.75) is 62.6 Å². The minimum Gasteiger partial charge on any atom is -0.342 e. The predicted octanol–water partition coefficient (Wildman–Crippen LogP) is 3.98. The van der Waals surface area contributed by atoms with Gasteiger partial charge < -0.3 is 4.90 Å². The van der Waals surface area contributed by atoms with Gasteiger partial charge in [-0.3, -0.25) is 4.79 Å². The Morgan fingerprint density at radius 2 is 1.92 bits per heavy atom. The molecule has 0 radical (unpaired) electrons. The molecule has 1 amide bonds. The number of hydrogen-bond acceptors (Lipinski definition) is 5. The molecule has 1 atom stereocenters. The second kappa shape index (κ2) is 6.64. The van der Waals surface area contributed by atoms with Gasteiger partial charge in [-0.25, -0.2) is 9.97 Å². The summed E-state index contributed by atoms with van der Waals surface area (Å²) in [6.07, 6.45) is 7.10. The van der Waals surface area contributed by atoms with Crippen LogP contribution in [0.15, 0.2) is 5.03 Å². The number of aromatic nitrogens is 2. The molecule has 1 aliphatic carbocycles. The minimum absolute atomic E-state index is 0.0836. The number of fused-ring (bicyclic) bond motifs is 3. The molecule has 0 N–H and O–H groups in total. The fraction of sp³-hybridized carbons (Fsp3) is 0.611. The van der Waals surface area contributed by atoms with Crippen molar-refractivity contribution in [3.05, 3.63) is 16.3 Å². The number of aryl methyl sites for hydroxylation is 3. The van der Waals surface area contributed by atoms with Gasteiger partial charge in [-0.1, -0.05) is 11.8 Å². The molecule has 0 aromatic carbocycles. The highest BCUT2D eigenvalue weighted by molar-refractivity contribution is 8.00. The average Bonchev–Trinajstić information content (AvgIpc) is 3.21. The van der Waals surface area contributed by atoms with Crippen molar-refractivity contribution in [2.75, 3.05) is 13.1 Å². The molecule has 6 heteroatoms. The molecule has 24 heavy (non-hydrogen) atoms. The van der Waals surface area contributed by atoms with Gasteiger partial charge in [0.15, 0.2) is 0 Å². The second-order valence-electron chi connectivity index (χ2n) is 6.76. The van der Waals surface area contributed by atoms with Crippen LogP contribution >= 0.6 is 23.1 Å². The number of carbonyl (C=O) groups is 1. The molecule has 3 heterocycles. The smallest absolute Gasteiger partial charge is 0.235 e. The fourth-order valence-corrected chi connectivity index (χ4v) is 6.20. The van der Waals surface area contributed by atoms with Crippen molar-refractivity contribution in [1.82, 2.24) is 14.9 Å². The topological polar surface area (TPSA) is 46.1 Å². The number of thioether (sulfide) groups is 1. The van der Waals surface area contributed by atoms with Crippen LogP contribution in [0, 0.1) is 6.92 Å². The van der Waals surface area contributed by atoms with Crippen molar-refractivity contribution in [3.8, 4) is 0 Å². The third kappa shape index (κ3) is 2.94. The molecule has 2 aliphatic rings. The molecule has 0 spiro atoms. The summed E-state index contributed by atoms with van der Waals surface area (Å²) in [4.78, 5) is 26.6.